The number of likely N-dealkylation sites (N-methyl/N-ethyl adjacent to an activating group) is 1. The molecule has 2 aromatic rings. The van der Waals surface area contributed by atoms with Crippen LogP contribution in [0.3, 0.4) is 0 Å². The number of nitrogens with zero attached hydrogens (tertiary/aromatic N) is 7. The van der Waals surface area contributed by atoms with Gasteiger partial charge >= 0.3 is 0 Å². The van der Waals surface area contributed by atoms with Gasteiger partial charge in [-0.05, 0) is 39.4 Å². The molecule has 0 aromatic carbocycles. The molecule has 1 amide bonds. The van der Waals surface area contributed by atoms with Crippen LogP contribution in [0.5, 0.6) is 0 Å². The van der Waals surface area contributed by atoms with Gasteiger partial charge in [0, 0.05) is 64.3 Å². The van der Waals surface area contributed by atoms with Crippen LogP contribution in [0.2, 0.25) is 0 Å². The normalized spacial score (nSPS) is 18.2. The van der Waals surface area contributed by atoms with Crippen molar-refractivity contribution in [3.8, 4) is 0 Å². The van der Waals surface area contributed by atoms with E-state index in [0.29, 0.717) is 25.9 Å². The fourth-order valence-corrected chi connectivity index (χ4v) is 4.12. The maximum atomic E-state index is 12.6. The van der Waals surface area contributed by atoms with Crippen molar-refractivity contribution in [2.24, 2.45) is 0 Å². The summed E-state index contributed by atoms with van der Waals surface area (Å²) in [6, 6.07) is 4.12. The van der Waals surface area contributed by atoms with Crippen molar-refractivity contribution in [2.45, 2.75) is 26.7 Å². The SMILES string of the molecule is Cc1noc(C)c1CCC(=O)N1CCN(c2ccc(N3CCN(C)CC3)nn2)CC1. The Morgan fingerprint density at radius 1 is 0.933 bits per heavy atom. The topological polar surface area (TPSA) is 81.8 Å². The number of hydrogen-bond donors (Lipinski definition) is 0. The summed E-state index contributed by atoms with van der Waals surface area (Å²) in [5.74, 6) is 2.82. The predicted molar refractivity (Wildman–Crippen MR) is 115 cm³/mol. The molecule has 30 heavy (non-hydrogen) atoms. The summed E-state index contributed by atoms with van der Waals surface area (Å²) < 4.78 is 5.19. The molecule has 2 fully saturated rings. The van der Waals surface area contributed by atoms with Gasteiger partial charge in [-0.3, -0.25) is 4.79 Å². The van der Waals surface area contributed by atoms with E-state index in [9.17, 15) is 4.79 Å². The van der Waals surface area contributed by atoms with Gasteiger partial charge in [-0.1, -0.05) is 5.16 Å². The minimum absolute atomic E-state index is 0.186. The molecule has 4 heterocycles. The first kappa shape index (κ1) is 20.6. The minimum atomic E-state index is 0.186. The molecule has 0 bridgehead atoms. The van der Waals surface area contributed by atoms with E-state index in [1.165, 1.54) is 0 Å². The highest BCUT2D eigenvalue weighted by Crippen LogP contribution is 2.19. The largest absolute Gasteiger partial charge is 0.361 e. The Morgan fingerprint density at radius 2 is 1.50 bits per heavy atom. The van der Waals surface area contributed by atoms with Crippen LogP contribution in [0.1, 0.15) is 23.4 Å². The maximum absolute atomic E-state index is 12.6. The van der Waals surface area contributed by atoms with E-state index in [0.717, 1.165) is 67.9 Å². The van der Waals surface area contributed by atoms with E-state index in [1.54, 1.807) is 0 Å². The average Bonchev–Trinajstić information content (AvgIpc) is 3.10. The molecule has 0 N–H and O–H groups in total. The molecule has 2 aliphatic heterocycles. The molecule has 0 atom stereocenters. The van der Waals surface area contributed by atoms with Crippen molar-refractivity contribution >= 4 is 17.5 Å². The zero-order valence-corrected chi connectivity index (χ0v) is 18.2. The Balaban J connectivity index is 1.26. The van der Waals surface area contributed by atoms with Gasteiger partial charge in [-0.2, -0.15) is 0 Å². The lowest BCUT2D eigenvalue weighted by Gasteiger charge is -2.36. The Labute approximate surface area is 177 Å². The number of aromatic nitrogens is 3. The third-order valence-electron chi connectivity index (χ3n) is 6.19. The second kappa shape index (κ2) is 8.99. The number of carbonyl (C=O) groups excluding carboxylic acids is 1. The van der Waals surface area contributed by atoms with E-state index in [-0.39, 0.29) is 5.91 Å². The van der Waals surface area contributed by atoms with Crippen LogP contribution in [0.4, 0.5) is 11.6 Å². The number of aryl methyl sites for hydroxylation is 2. The fraction of sp³-hybridized carbons (Fsp3) is 0.619. The lowest BCUT2D eigenvalue weighted by molar-refractivity contribution is -0.131. The molecule has 2 aromatic heterocycles. The van der Waals surface area contributed by atoms with Crippen LogP contribution in [-0.2, 0) is 11.2 Å². The Hall–Kier alpha value is -2.68. The van der Waals surface area contributed by atoms with Gasteiger partial charge < -0.3 is 24.1 Å². The third kappa shape index (κ3) is 4.56. The molecule has 0 aliphatic carbocycles. The van der Waals surface area contributed by atoms with Gasteiger partial charge in [-0.25, -0.2) is 0 Å². The van der Waals surface area contributed by atoms with E-state index >= 15 is 0 Å². The first-order chi connectivity index (χ1) is 14.5. The van der Waals surface area contributed by atoms with Crippen molar-refractivity contribution in [1.29, 1.82) is 0 Å². The minimum Gasteiger partial charge on any atom is -0.361 e. The van der Waals surface area contributed by atoms with Gasteiger partial charge in [0.05, 0.1) is 5.69 Å². The number of amides is 1. The maximum Gasteiger partial charge on any atom is 0.223 e. The van der Waals surface area contributed by atoms with Crippen molar-refractivity contribution < 1.29 is 9.32 Å². The van der Waals surface area contributed by atoms with E-state index in [2.05, 4.69) is 49.2 Å². The molecule has 0 spiro atoms. The van der Waals surface area contributed by atoms with Crippen LogP contribution >= 0.6 is 0 Å². The summed E-state index contributed by atoms with van der Waals surface area (Å²) in [7, 11) is 2.15. The van der Waals surface area contributed by atoms with Gasteiger partial charge in [0.1, 0.15) is 5.76 Å². The lowest BCUT2D eigenvalue weighted by atomic mass is 10.1. The summed E-state index contributed by atoms with van der Waals surface area (Å²) in [6.45, 7) is 10.9. The number of anilines is 2. The molecule has 162 valence electrons. The van der Waals surface area contributed by atoms with E-state index in [1.807, 2.05) is 18.7 Å². The first-order valence-electron chi connectivity index (χ1n) is 10.7. The first-order valence-corrected chi connectivity index (χ1v) is 10.7. The van der Waals surface area contributed by atoms with Gasteiger partial charge in [-0.15, -0.1) is 10.2 Å². The number of hydrogen-bond acceptors (Lipinski definition) is 8. The van der Waals surface area contributed by atoms with Crippen molar-refractivity contribution in [3.05, 3.63) is 29.2 Å². The molecule has 4 rings (SSSR count). The molecule has 9 nitrogen and oxygen atoms in total. The standard InChI is InChI=1S/C21H31N7O2/c1-16-18(17(2)30-24-16)4-7-21(29)28-14-12-27(13-15-28)20-6-5-19(22-23-20)26-10-8-25(3)9-11-26/h5-6H,4,7-15H2,1-3H3. The van der Waals surface area contributed by atoms with Gasteiger partial charge in [0.25, 0.3) is 0 Å². The molecule has 0 radical (unpaired) electrons. The van der Waals surface area contributed by atoms with Crippen LogP contribution in [-0.4, -0.2) is 90.5 Å². The van der Waals surface area contributed by atoms with E-state index in [4.69, 9.17) is 4.52 Å². The third-order valence-corrected chi connectivity index (χ3v) is 6.19. The summed E-state index contributed by atoms with van der Waals surface area (Å²) in [6.07, 6.45) is 1.17. The zero-order valence-electron chi connectivity index (χ0n) is 18.2. The number of piperazine rings is 2. The average molecular weight is 414 g/mol. The van der Waals surface area contributed by atoms with Crippen molar-refractivity contribution in [2.75, 3.05) is 69.2 Å². The highest BCUT2D eigenvalue weighted by molar-refractivity contribution is 5.76. The Bertz CT molecular complexity index is 831. The summed E-state index contributed by atoms with van der Waals surface area (Å²) in [5, 5.41) is 12.9. The molecular weight excluding hydrogens is 382 g/mol. The lowest BCUT2D eigenvalue weighted by Crippen LogP contribution is -2.49. The zero-order chi connectivity index (χ0) is 21.1. The molecule has 0 unspecified atom stereocenters. The number of carbonyl (C=O) groups is 1. The molecule has 9 heteroatoms. The highest BCUT2D eigenvalue weighted by atomic mass is 16.5. The molecule has 0 saturated carbocycles. The van der Waals surface area contributed by atoms with Crippen LogP contribution in [0.25, 0.3) is 0 Å². The molecule has 2 saturated heterocycles. The van der Waals surface area contributed by atoms with Crippen LogP contribution in [0.15, 0.2) is 16.7 Å². The summed E-state index contributed by atoms with van der Waals surface area (Å²) in [4.78, 5) is 21.4. The van der Waals surface area contributed by atoms with E-state index < -0.39 is 0 Å². The summed E-state index contributed by atoms with van der Waals surface area (Å²) in [5.41, 5.74) is 1.93. The second-order valence-corrected chi connectivity index (χ2v) is 8.21. The van der Waals surface area contributed by atoms with Crippen molar-refractivity contribution in [1.82, 2.24) is 25.2 Å². The fourth-order valence-electron chi connectivity index (χ4n) is 4.12. The molecule has 2 aliphatic rings. The Kier molecular flexibility index (Phi) is 6.17. The smallest absolute Gasteiger partial charge is 0.223 e. The molecular formula is C21H31N7O2. The predicted octanol–water partition coefficient (Wildman–Crippen LogP) is 1.11. The van der Waals surface area contributed by atoms with Gasteiger partial charge in [0.2, 0.25) is 5.91 Å². The quantitative estimate of drug-likeness (QED) is 0.721. The van der Waals surface area contributed by atoms with Gasteiger partial charge in [0.15, 0.2) is 11.6 Å². The number of rotatable bonds is 5. The monoisotopic (exact) mass is 413 g/mol. The van der Waals surface area contributed by atoms with Crippen molar-refractivity contribution in [3.63, 3.8) is 0 Å². The summed E-state index contributed by atoms with van der Waals surface area (Å²) >= 11 is 0. The van der Waals surface area contributed by atoms with Crippen LogP contribution < -0.4 is 9.80 Å². The highest BCUT2D eigenvalue weighted by Gasteiger charge is 2.23. The Morgan fingerprint density at radius 3 is 2.00 bits per heavy atom. The second-order valence-electron chi connectivity index (χ2n) is 8.21. The van der Waals surface area contributed by atoms with Crippen LogP contribution in [0, 0.1) is 13.8 Å².